The Morgan fingerprint density at radius 2 is 1.73 bits per heavy atom. The molecule has 1 fully saturated rings. The number of hydrogen-bond acceptors (Lipinski definition) is 3. The highest BCUT2D eigenvalue weighted by atomic mass is 16.2. The second kappa shape index (κ2) is 10.9. The van der Waals surface area contributed by atoms with Crippen LogP contribution in [0, 0.1) is 5.92 Å². The third kappa shape index (κ3) is 6.42. The van der Waals surface area contributed by atoms with Crippen LogP contribution in [0.25, 0.3) is 11.1 Å². The molecule has 0 unspecified atom stereocenters. The lowest BCUT2D eigenvalue weighted by atomic mass is 10.0. The monoisotopic (exact) mass is 407 g/mol. The van der Waals surface area contributed by atoms with Crippen LogP contribution in [0.3, 0.4) is 0 Å². The maximum atomic E-state index is 12.7. The van der Waals surface area contributed by atoms with Gasteiger partial charge in [-0.25, -0.2) is 0 Å². The second-order valence-electron chi connectivity index (χ2n) is 8.44. The Morgan fingerprint density at radius 1 is 1.03 bits per heavy atom. The number of hydrogen-bond donors (Lipinski definition) is 3. The van der Waals surface area contributed by atoms with Gasteiger partial charge in [-0.05, 0) is 54.8 Å². The van der Waals surface area contributed by atoms with Crippen molar-refractivity contribution in [2.45, 2.75) is 51.6 Å². The maximum absolute atomic E-state index is 12.7. The zero-order chi connectivity index (χ0) is 21.3. The molecule has 3 rings (SSSR count). The molecular weight excluding hydrogens is 374 g/mol. The van der Waals surface area contributed by atoms with E-state index in [4.69, 9.17) is 0 Å². The molecule has 160 valence electrons. The molecule has 5 nitrogen and oxygen atoms in total. The molecule has 30 heavy (non-hydrogen) atoms. The number of benzene rings is 2. The molecule has 2 amide bonds. The first kappa shape index (κ1) is 22.0. The van der Waals surface area contributed by atoms with E-state index in [-0.39, 0.29) is 17.9 Å². The first-order valence-corrected chi connectivity index (χ1v) is 11.0. The van der Waals surface area contributed by atoms with Gasteiger partial charge in [-0.1, -0.05) is 68.4 Å². The van der Waals surface area contributed by atoms with E-state index in [1.807, 2.05) is 18.2 Å². The summed E-state index contributed by atoms with van der Waals surface area (Å²) >= 11 is 0. The van der Waals surface area contributed by atoms with Crippen LogP contribution in [-0.2, 0) is 16.0 Å². The van der Waals surface area contributed by atoms with Crippen molar-refractivity contribution < 1.29 is 9.59 Å². The molecule has 1 aliphatic heterocycles. The lowest BCUT2D eigenvalue weighted by Crippen LogP contribution is -2.52. The average Bonchev–Trinajstić information content (AvgIpc) is 3.29. The van der Waals surface area contributed by atoms with Crippen LogP contribution in [0.15, 0.2) is 54.6 Å². The van der Waals surface area contributed by atoms with E-state index >= 15 is 0 Å². The fraction of sp³-hybridized carbons (Fsp3) is 0.440. The summed E-state index contributed by atoms with van der Waals surface area (Å²) in [5.41, 5.74) is 3.56. The van der Waals surface area contributed by atoms with Crippen LogP contribution in [0.1, 0.15) is 38.7 Å². The van der Waals surface area contributed by atoms with Crippen LogP contribution in [0.2, 0.25) is 0 Å². The Kier molecular flexibility index (Phi) is 8.03. The smallest absolute Gasteiger partial charge is 0.242 e. The van der Waals surface area contributed by atoms with Gasteiger partial charge in [0.05, 0.1) is 6.04 Å². The minimum absolute atomic E-state index is 0.0650. The largest absolute Gasteiger partial charge is 0.354 e. The highest BCUT2D eigenvalue weighted by Crippen LogP contribution is 2.19. The van der Waals surface area contributed by atoms with Crippen LogP contribution in [0.5, 0.6) is 0 Å². The average molecular weight is 408 g/mol. The van der Waals surface area contributed by atoms with Crippen molar-refractivity contribution in [2.24, 2.45) is 5.92 Å². The second-order valence-corrected chi connectivity index (χ2v) is 8.44. The lowest BCUT2D eigenvalue weighted by Gasteiger charge is -2.22. The molecule has 0 aliphatic carbocycles. The van der Waals surface area contributed by atoms with Gasteiger partial charge < -0.3 is 16.0 Å². The molecule has 1 saturated heterocycles. The van der Waals surface area contributed by atoms with Crippen molar-refractivity contribution in [2.75, 3.05) is 13.1 Å². The summed E-state index contributed by atoms with van der Waals surface area (Å²) in [4.78, 5) is 25.1. The first-order chi connectivity index (χ1) is 14.5. The highest BCUT2D eigenvalue weighted by Gasteiger charge is 2.27. The van der Waals surface area contributed by atoms with Crippen molar-refractivity contribution in [1.82, 2.24) is 16.0 Å². The zero-order valence-electron chi connectivity index (χ0n) is 18.0. The van der Waals surface area contributed by atoms with Gasteiger partial charge in [0.15, 0.2) is 0 Å². The van der Waals surface area contributed by atoms with Crippen LogP contribution in [-0.4, -0.2) is 37.0 Å². The number of carbonyl (C=O) groups is 2. The zero-order valence-corrected chi connectivity index (χ0v) is 18.0. The number of amides is 2. The summed E-state index contributed by atoms with van der Waals surface area (Å²) < 4.78 is 0. The topological polar surface area (TPSA) is 70.2 Å². The fourth-order valence-electron chi connectivity index (χ4n) is 3.83. The van der Waals surface area contributed by atoms with Gasteiger partial charge in [0, 0.05) is 6.54 Å². The van der Waals surface area contributed by atoms with E-state index in [0.717, 1.165) is 25.8 Å². The Bertz CT molecular complexity index is 812. The number of rotatable bonds is 9. The Morgan fingerprint density at radius 3 is 2.37 bits per heavy atom. The molecule has 0 aromatic heterocycles. The molecular formula is C25H33N3O2. The summed E-state index contributed by atoms with van der Waals surface area (Å²) in [5, 5.41) is 9.15. The van der Waals surface area contributed by atoms with Crippen LogP contribution < -0.4 is 16.0 Å². The predicted molar refractivity (Wildman–Crippen MR) is 121 cm³/mol. The van der Waals surface area contributed by atoms with E-state index in [9.17, 15) is 9.59 Å². The summed E-state index contributed by atoms with van der Waals surface area (Å²) in [5.74, 6) is 0.156. The van der Waals surface area contributed by atoms with Gasteiger partial charge in [0.2, 0.25) is 11.8 Å². The minimum atomic E-state index is -0.486. The molecule has 1 aliphatic rings. The van der Waals surface area contributed by atoms with Crippen molar-refractivity contribution in [3.8, 4) is 11.1 Å². The van der Waals surface area contributed by atoms with Crippen LogP contribution in [0.4, 0.5) is 0 Å². The molecule has 0 saturated carbocycles. The summed E-state index contributed by atoms with van der Waals surface area (Å²) in [7, 11) is 0. The Hall–Kier alpha value is -2.66. The molecule has 0 spiro atoms. The van der Waals surface area contributed by atoms with E-state index in [2.05, 4.69) is 66.2 Å². The SMILES string of the molecule is CC(C)C[C@H](NC(=O)[C@@H]1CCCN1)C(=O)NCCc1ccc(-c2ccccc2)cc1. The van der Waals surface area contributed by atoms with Gasteiger partial charge in [-0.2, -0.15) is 0 Å². The van der Waals surface area contributed by atoms with Crippen molar-refractivity contribution in [3.05, 3.63) is 60.2 Å². The van der Waals surface area contributed by atoms with Gasteiger partial charge in [0.1, 0.15) is 6.04 Å². The van der Waals surface area contributed by atoms with E-state index < -0.39 is 6.04 Å². The van der Waals surface area contributed by atoms with Crippen molar-refractivity contribution >= 4 is 11.8 Å². The minimum Gasteiger partial charge on any atom is -0.354 e. The molecule has 2 aromatic carbocycles. The quantitative estimate of drug-likeness (QED) is 0.597. The first-order valence-electron chi connectivity index (χ1n) is 11.0. The molecule has 5 heteroatoms. The molecule has 2 aromatic rings. The van der Waals surface area contributed by atoms with E-state index in [0.29, 0.717) is 18.9 Å². The molecule has 3 N–H and O–H groups in total. The molecule has 0 bridgehead atoms. The Balaban J connectivity index is 1.50. The molecule has 1 heterocycles. The lowest BCUT2D eigenvalue weighted by molar-refractivity contribution is -0.130. The highest BCUT2D eigenvalue weighted by molar-refractivity contribution is 5.89. The number of nitrogens with one attached hydrogen (secondary N) is 3. The molecule has 0 radical (unpaired) electrons. The summed E-state index contributed by atoms with van der Waals surface area (Å²) in [6.07, 6.45) is 3.23. The van der Waals surface area contributed by atoms with E-state index in [1.165, 1.54) is 16.7 Å². The number of carbonyl (C=O) groups excluding carboxylic acids is 2. The van der Waals surface area contributed by atoms with Gasteiger partial charge in [-0.3, -0.25) is 9.59 Å². The Labute approximate surface area is 179 Å². The molecule has 2 atom stereocenters. The summed E-state index contributed by atoms with van der Waals surface area (Å²) in [6, 6.07) is 18.1. The van der Waals surface area contributed by atoms with Gasteiger partial charge in [0.25, 0.3) is 0 Å². The fourth-order valence-corrected chi connectivity index (χ4v) is 3.83. The normalized spacial score (nSPS) is 17.0. The van der Waals surface area contributed by atoms with Gasteiger partial charge in [-0.15, -0.1) is 0 Å². The third-order valence-corrected chi connectivity index (χ3v) is 5.49. The van der Waals surface area contributed by atoms with Gasteiger partial charge >= 0.3 is 0 Å². The summed E-state index contributed by atoms with van der Waals surface area (Å²) in [6.45, 7) is 5.54. The van der Waals surface area contributed by atoms with Crippen molar-refractivity contribution in [1.29, 1.82) is 0 Å². The third-order valence-electron chi connectivity index (χ3n) is 5.49. The van der Waals surface area contributed by atoms with Crippen molar-refractivity contribution in [3.63, 3.8) is 0 Å². The van der Waals surface area contributed by atoms with Crippen LogP contribution >= 0.6 is 0 Å². The maximum Gasteiger partial charge on any atom is 0.242 e. The standard InChI is InChI=1S/C25H33N3O2/c1-18(2)17-23(28-25(30)22-9-6-15-26-22)24(29)27-16-14-19-10-12-21(13-11-19)20-7-4-3-5-8-20/h3-5,7-8,10-13,18,22-23,26H,6,9,14-17H2,1-2H3,(H,27,29)(H,28,30)/t22-,23-/m0/s1. The predicted octanol–water partition coefficient (Wildman–Crippen LogP) is 3.30. The van der Waals surface area contributed by atoms with E-state index in [1.54, 1.807) is 0 Å².